The van der Waals surface area contributed by atoms with Crippen molar-refractivity contribution in [3.05, 3.63) is 0 Å². The summed E-state index contributed by atoms with van der Waals surface area (Å²) in [6, 6.07) is -0.215. The fourth-order valence-electron chi connectivity index (χ4n) is 1.77. The minimum atomic E-state index is -2.88. The van der Waals surface area contributed by atoms with Gasteiger partial charge in [-0.1, -0.05) is 0 Å². The van der Waals surface area contributed by atoms with Crippen molar-refractivity contribution in [3.8, 4) is 0 Å². The summed E-state index contributed by atoms with van der Waals surface area (Å²) < 4.78 is 22.6. The summed E-state index contributed by atoms with van der Waals surface area (Å²) in [5.41, 5.74) is 5.39. The van der Waals surface area contributed by atoms with Crippen molar-refractivity contribution >= 4 is 15.7 Å². The third kappa shape index (κ3) is 2.45. The lowest BCUT2D eigenvalue weighted by Gasteiger charge is -2.36. The molecule has 0 aromatic carbocycles. The zero-order valence-corrected chi connectivity index (χ0v) is 9.34. The van der Waals surface area contributed by atoms with Crippen molar-refractivity contribution in [1.82, 2.24) is 4.90 Å². The molecule has 1 aliphatic rings. The molecule has 3 N–H and O–H groups in total. The third-order valence-electron chi connectivity index (χ3n) is 2.67. The van der Waals surface area contributed by atoms with Crippen LogP contribution in [-0.2, 0) is 9.84 Å². The molecule has 1 fully saturated rings. The number of nitrogens with zero attached hydrogens (tertiary/aromatic N) is 1. The molecule has 0 spiro atoms. The van der Waals surface area contributed by atoms with Gasteiger partial charge in [-0.05, 0) is 13.8 Å². The van der Waals surface area contributed by atoms with Crippen molar-refractivity contribution in [2.24, 2.45) is 5.73 Å². The minimum absolute atomic E-state index is 0.0485. The minimum Gasteiger partial charge on any atom is -0.386 e. The molecule has 5 nitrogen and oxygen atoms in total. The van der Waals surface area contributed by atoms with Gasteiger partial charge in [0.15, 0.2) is 9.84 Å². The number of hydrogen-bond donors (Lipinski definition) is 2. The van der Waals surface area contributed by atoms with Gasteiger partial charge in [0.2, 0.25) is 0 Å². The van der Waals surface area contributed by atoms with Gasteiger partial charge in [0.25, 0.3) is 0 Å². The van der Waals surface area contributed by atoms with Crippen LogP contribution >= 0.6 is 0 Å². The van der Waals surface area contributed by atoms with Gasteiger partial charge in [-0.25, -0.2) is 8.42 Å². The lowest BCUT2D eigenvalue weighted by molar-refractivity contribution is 0.206. The highest BCUT2D eigenvalue weighted by Crippen LogP contribution is 2.14. The van der Waals surface area contributed by atoms with Crippen molar-refractivity contribution in [2.45, 2.75) is 25.9 Å². The van der Waals surface area contributed by atoms with Gasteiger partial charge in [0.1, 0.15) is 5.84 Å². The molecule has 1 saturated heterocycles. The second-order valence-corrected chi connectivity index (χ2v) is 6.06. The van der Waals surface area contributed by atoms with Gasteiger partial charge >= 0.3 is 0 Å². The quantitative estimate of drug-likeness (QED) is 0.481. The van der Waals surface area contributed by atoms with E-state index in [1.54, 1.807) is 0 Å². The van der Waals surface area contributed by atoms with Crippen LogP contribution in [0.2, 0.25) is 0 Å². The first-order valence-electron chi connectivity index (χ1n) is 4.63. The molecule has 0 bridgehead atoms. The second kappa shape index (κ2) is 3.86. The highest BCUT2D eigenvalue weighted by Gasteiger charge is 2.31. The summed E-state index contributed by atoms with van der Waals surface area (Å²) >= 11 is 0. The Labute approximate surface area is 84.7 Å². The van der Waals surface area contributed by atoms with Crippen LogP contribution in [0.5, 0.6) is 0 Å². The predicted molar refractivity (Wildman–Crippen MR) is 56.2 cm³/mol. The topological polar surface area (TPSA) is 87.2 Å². The van der Waals surface area contributed by atoms with Crippen LogP contribution in [0.4, 0.5) is 0 Å². The van der Waals surface area contributed by atoms with Gasteiger partial charge in [-0.3, -0.25) is 10.3 Å². The average Bonchev–Trinajstić information content (AvgIpc) is 2.01. The Morgan fingerprint density at radius 2 is 2.21 bits per heavy atom. The number of sulfone groups is 1. The summed E-state index contributed by atoms with van der Waals surface area (Å²) in [7, 11) is -2.88. The smallest absolute Gasteiger partial charge is 0.153 e. The lowest BCUT2D eigenvalue weighted by Crippen LogP contribution is -2.54. The van der Waals surface area contributed by atoms with E-state index in [0.29, 0.717) is 6.54 Å². The number of nitrogens with one attached hydrogen (secondary N) is 1. The molecule has 0 amide bonds. The van der Waals surface area contributed by atoms with Gasteiger partial charge in [-0.15, -0.1) is 0 Å². The monoisotopic (exact) mass is 219 g/mol. The van der Waals surface area contributed by atoms with Crippen molar-refractivity contribution in [1.29, 1.82) is 5.41 Å². The zero-order valence-electron chi connectivity index (χ0n) is 8.53. The summed E-state index contributed by atoms with van der Waals surface area (Å²) in [6.45, 7) is 4.16. The molecule has 0 aliphatic carbocycles. The molecule has 14 heavy (non-hydrogen) atoms. The van der Waals surface area contributed by atoms with E-state index >= 15 is 0 Å². The Hall–Kier alpha value is -0.620. The van der Waals surface area contributed by atoms with Crippen LogP contribution in [0.1, 0.15) is 13.8 Å². The maximum absolute atomic E-state index is 11.3. The Kier molecular flexibility index (Phi) is 3.16. The fourth-order valence-corrected chi connectivity index (χ4v) is 3.35. The largest absolute Gasteiger partial charge is 0.386 e. The molecule has 1 heterocycles. The first kappa shape index (κ1) is 11.5. The highest BCUT2D eigenvalue weighted by molar-refractivity contribution is 7.91. The van der Waals surface area contributed by atoms with Crippen LogP contribution in [-0.4, -0.2) is 49.3 Å². The van der Waals surface area contributed by atoms with Crippen LogP contribution in [0.25, 0.3) is 0 Å². The van der Waals surface area contributed by atoms with Gasteiger partial charge in [0, 0.05) is 12.6 Å². The van der Waals surface area contributed by atoms with E-state index in [-0.39, 0.29) is 29.4 Å². The van der Waals surface area contributed by atoms with E-state index < -0.39 is 9.84 Å². The molecule has 2 unspecified atom stereocenters. The van der Waals surface area contributed by atoms with E-state index in [1.165, 1.54) is 0 Å². The molecule has 0 aromatic heterocycles. The first-order valence-corrected chi connectivity index (χ1v) is 6.45. The molecule has 0 aromatic rings. The molecule has 1 rings (SSSR count). The van der Waals surface area contributed by atoms with Crippen molar-refractivity contribution < 1.29 is 8.42 Å². The lowest BCUT2D eigenvalue weighted by atomic mass is 10.2. The van der Waals surface area contributed by atoms with Crippen LogP contribution in [0.3, 0.4) is 0 Å². The number of hydrogen-bond acceptors (Lipinski definition) is 4. The summed E-state index contributed by atoms with van der Waals surface area (Å²) in [5.74, 6) is 0.440. The molecular weight excluding hydrogens is 202 g/mol. The molecule has 82 valence electrons. The van der Waals surface area contributed by atoms with Crippen LogP contribution < -0.4 is 5.73 Å². The molecule has 2 atom stereocenters. The standard InChI is InChI=1S/C8H17N3O2S/c1-6-5-14(12,13)4-3-11(6)7(2)8(9)10/h6-7H,3-5H2,1-2H3,(H3,9,10). The van der Waals surface area contributed by atoms with Crippen LogP contribution in [0, 0.1) is 5.41 Å². The van der Waals surface area contributed by atoms with E-state index in [2.05, 4.69) is 0 Å². The third-order valence-corrected chi connectivity index (χ3v) is 4.46. The van der Waals surface area contributed by atoms with Gasteiger partial charge in [0.05, 0.1) is 17.5 Å². The van der Waals surface area contributed by atoms with E-state index in [9.17, 15) is 8.42 Å². The first-order chi connectivity index (χ1) is 6.33. The van der Waals surface area contributed by atoms with E-state index in [0.717, 1.165) is 0 Å². The second-order valence-electron chi connectivity index (χ2n) is 3.83. The zero-order chi connectivity index (χ0) is 10.9. The number of nitrogens with two attached hydrogens (primary N) is 1. The summed E-state index contributed by atoms with van der Waals surface area (Å²) in [6.07, 6.45) is 0. The molecule has 0 saturated carbocycles. The predicted octanol–water partition coefficient (Wildman–Crippen LogP) is -0.570. The maximum Gasteiger partial charge on any atom is 0.153 e. The molecule has 1 aliphatic heterocycles. The average molecular weight is 219 g/mol. The number of rotatable bonds is 2. The maximum atomic E-state index is 11.3. The molecular formula is C8H17N3O2S. The summed E-state index contributed by atoms with van der Waals surface area (Å²) in [4.78, 5) is 1.96. The van der Waals surface area contributed by atoms with E-state index in [4.69, 9.17) is 11.1 Å². The van der Waals surface area contributed by atoms with Gasteiger partial charge < -0.3 is 5.73 Å². The van der Waals surface area contributed by atoms with Gasteiger partial charge in [-0.2, -0.15) is 0 Å². The van der Waals surface area contributed by atoms with Crippen LogP contribution in [0.15, 0.2) is 0 Å². The number of amidine groups is 1. The Bertz CT molecular complexity index is 325. The van der Waals surface area contributed by atoms with Crippen molar-refractivity contribution in [3.63, 3.8) is 0 Å². The Morgan fingerprint density at radius 1 is 1.64 bits per heavy atom. The fraction of sp³-hybridized carbons (Fsp3) is 0.875. The molecule has 6 heteroatoms. The normalized spacial score (nSPS) is 29.7. The van der Waals surface area contributed by atoms with E-state index in [1.807, 2.05) is 18.7 Å². The highest BCUT2D eigenvalue weighted by atomic mass is 32.2. The Morgan fingerprint density at radius 3 is 2.64 bits per heavy atom. The van der Waals surface area contributed by atoms with Crippen molar-refractivity contribution in [2.75, 3.05) is 18.1 Å². The summed E-state index contributed by atoms with van der Waals surface area (Å²) in [5, 5.41) is 7.31. The Balaban J connectivity index is 2.72. The SMILES string of the molecule is CC1CS(=O)(=O)CCN1C(C)C(=N)N. The molecule has 0 radical (unpaired) electrons.